The molecule has 5 N–H and O–H groups in total. The second kappa shape index (κ2) is 25.8. The van der Waals surface area contributed by atoms with Crippen LogP contribution in [0, 0.1) is 17.1 Å². The molecule has 4 aromatic carbocycles. The summed E-state index contributed by atoms with van der Waals surface area (Å²) in [4.78, 5) is 51.7. The fourth-order valence-corrected chi connectivity index (χ4v) is 12.2. The number of halogens is 4. The van der Waals surface area contributed by atoms with Gasteiger partial charge in [-0.15, -0.1) is 0 Å². The molecule has 18 nitrogen and oxygen atoms in total. The molecule has 0 radical (unpaired) electrons. The summed E-state index contributed by atoms with van der Waals surface area (Å²) < 4.78 is 64.4. The lowest BCUT2D eigenvalue weighted by Gasteiger charge is -2.42. The first-order valence-electron chi connectivity index (χ1n) is 26.4. The summed E-state index contributed by atoms with van der Waals surface area (Å²) >= 11 is 10.1. The molecule has 3 aliphatic rings. The Morgan fingerprint density at radius 3 is 2.44 bits per heavy atom. The van der Waals surface area contributed by atoms with Crippen LogP contribution < -0.4 is 35.6 Å². The Labute approximate surface area is 471 Å². The molecule has 23 heteroatoms. The number of nitriles is 1. The summed E-state index contributed by atoms with van der Waals surface area (Å²) in [5, 5.41) is 18.3. The molecule has 9 rings (SSSR count). The van der Waals surface area contributed by atoms with Crippen LogP contribution in [-0.2, 0) is 27.8 Å². The van der Waals surface area contributed by atoms with Gasteiger partial charge in [0.15, 0.2) is 5.83 Å². The average molecular weight is 1180 g/mol. The van der Waals surface area contributed by atoms with Crippen LogP contribution in [0.3, 0.4) is 0 Å². The number of hydrogen-bond donors (Lipinski definition) is 4. The Morgan fingerprint density at radius 1 is 0.911 bits per heavy atom. The van der Waals surface area contributed by atoms with E-state index in [9.17, 15) is 32.0 Å². The third-order valence-corrected chi connectivity index (χ3v) is 16.9. The highest BCUT2D eigenvalue weighted by atomic mass is 79.9. The van der Waals surface area contributed by atoms with Gasteiger partial charge in [-0.3, -0.25) is 14.5 Å². The fourth-order valence-electron chi connectivity index (χ4n) is 10.6. The molecule has 2 atom stereocenters. The smallest absolute Gasteiger partial charge is 0.318 e. The van der Waals surface area contributed by atoms with E-state index in [2.05, 4.69) is 86.8 Å². The monoisotopic (exact) mass is 1180 g/mol. The third-order valence-electron chi connectivity index (χ3n) is 14.5. The van der Waals surface area contributed by atoms with Crippen molar-refractivity contribution in [3.63, 3.8) is 0 Å². The molecule has 5 heterocycles. The SMILES string of the molecule is C=C(F)C(=O)N1CCN(c2nc(OC[C@@H]3CCCN3CCCCCCCCNS(=O)(=O)c3ccc(Nc4ncc(Br)c(Nc5cccc(F)c5C(N)=O)n4)cc3)nc3c2CCN(c2cccc4cccc(Cl)c24)C3)C[C@@H]1CC#N. The van der Waals surface area contributed by atoms with E-state index in [1.807, 2.05) is 18.2 Å². The quantitative estimate of drug-likeness (QED) is 0.0346. The van der Waals surface area contributed by atoms with Crippen molar-refractivity contribution >= 4 is 94.8 Å². The summed E-state index contributed by atoms with van der Waals surface area (Å²) in [6.07, 6.45) is 9.85. The van der Waals surface area contributed by atoms with E-state index in [0.717, 1.165) is 91.8 Å². The predicted molar refractivity (Wildman–Crippen MR) is 305 cm³/mol. The molecule has 2 fully saturated rings. The number of nitrogens with zero attached hydrogens (tertiary/aromatic N) is 9. The molecule has 0 saturated carbocycles. The molecule has 0 spiro atoms. The maximum absolute atomic E-state index is 14.3. The number of benzene rings is 4. The third kappa shape index (κ3) is 13.7. The van der Waals surface area contributed by atoms with Gasteiger partial charge in [-0.05, 0) is 115 Å². The minimum atomic E-state index is -3.75. The van der Waals surface area contributed by atoms with Crippen LogP contribution in [0.15, 0.2) is 107 Å². The van der Waals surface area contributed by atoms with Crippen LogP contribution in [0.4, 0.5) is 43.4 Å². The number of likely N-dealkylation sites (tertiary alicyclic amines) is 1. The largest absolute Gasteiger partial charge is 0.462 e. The van der Waals surface area contributed by atoms with E-state index >= 15 is 0 Å². The molecular formula is C56H61BrClF2N13O5S. The van der Waals surface area contributed by atoms with Crippen molar-refractivity contribution in [1.29, 1.82) is 5.26 Å². The average Bonchev–Trinajstić information content (AvgIpc) is 4.02. The fraction of sp³-hybridized carbons (Fsp3) is 0.375. The zero-order valence-corrected chi connectivity index (χ0v) is 46.6. The summed E-state index contributed by atoms with van der Waals surface area (Å²) in [5.41, 5.74) is 8.56. The first kappa shape index (κ1) is 56.7. The Kier molecular flexibility index (Phi) is 18.5. The minimum absolute atomic E-state index is 0.0310. The Balaban J connectivity index is 0.738. The number of nitrogens with one attached hydrogen (secondary N) is 3. The number of sulfonamides is 1. The number of fused-ring (bicyclic) bond motifs is 2. The maximum atomic E-state index is 14.3. The van der Waals surface area contributed by atoms with E-state index in [4.69, 9.17) is 32.0 Å². The van der Waals surface area contributed by atoms with Crippen molar-refractivity contribution in [2.45, 2.75) is 87.7 Å². The Hall–Kier alpha value is -7.03. The zero-order chi connectivity index (χ0) is 55.6. The van der Waals surface area contributed by atoms with Crippen molar-refractivity contribution in [2.24, 2.45) is 5.73 Å². The summed E-state index contributed by atoms with van der Waals surface area (Å²) in [7, 11) is -3.75. The minimum Gasteiger partial charge on any atom is -0.462 e. The van der Waals surface area contributed by atoms with Gasteiger partial charge in [0, 0.05) is 67.3 Å². The number of carbonyl (C=O) groups excluding carboxylic acids is 2. The standard InChI is InChI=1S/C56H61BrClF2N13O5S/c1-36(59)54(75)73-31-30-72(33-39(73)23-25-61)53-42-24-29-71(48-18-9-13-37-12-8-15-44(58)49(37)48)34-47(42)67-56(69-53)78-35-40-14-11-28-70(40)27-7-5-3-2-4-6-26-64-79(76,77)41-21-19-38(20-22-41)65-55-63-32-43(57)52(68-55)66-46-17-10-16-45(60)50(46)51(62)74/h8-10,12-13,15-22,32,39-40,64H,1-7,11,14,23-24,26-31,33-35H2,(H2,62,74)(H2,63,65,66,68)/t39-,40-/m0/s1. The Morgan fingerprint density at radius 2 is 1.67 bits per heavy atom. The predicted octanol–water partition coefficient (Wildman–Crippen LogP) is 9.70. The highest BCUT2D eigenvalue weighted by molar-refractivity contribution is 9.10. The van der Waals surface area contributed by atoms with E-state index in [1.54, 1.807) is 12.1 Å². The van der Waals surface area contributed by atoms with Gasteiger partial charge in [0.05, 0.1) is 56.4 Å². The van der Waals surface area contributed by atoms with Gasteiger partial charge in [-0.2, -0.15) is 20.2 Å². The van der Waals surface area contributed by atoms with Gasteiger partial charge in [-0.1, -0.05) is 74.2 Å². The number of ether oxygens (including phenoxy) is 1. The topological polar surface area (TPSA) is 228 Å². The van der Waals surface area contributed by atoms with Crippen molar-refractivity contribution in [3.05, 3.63) is 130 Å². The van der Waals surface area contributed by atoms with Crippen molar-refractivity contribution in [1.82, 2.24) is 34.5 Å². The number of rotatable bonds is 23. The molecule has 0 unspecified atom stereocenters. The lowest BCUT2D eigenvalue weighted by Crippen LogP contribution is -2.55. The number of piperazine rings is 1. The summed E-state index contributed by atoms with van der Waals surface area (Å²) in [6.45, 7) is 7.91. The van der Waals surface area contributed by atoms with Crippen LogP contribution in [0.1, 0.15) is 79.4 Å². The summed E-state index contributed by atoms with van der Waals surface area (Å²) in [6, 6.07) is 24.4. The second-order valence-electron chi connectivity index (χ2n) is 19.8. The highest BCUT2D eigenvalue weighted by Gasteiger charge is 2.35. The van der Waals surface area contributed by atoms with E-state index < -0.39 is 39.5 Å². The molecule has 79 heavy (non-hydrogen) atoms. The highest BCUT2D eigenvalue weighted by Crippen LogP contribution is 2.38. The van der Waals surface area contributed by atoms with E-state index in [-0.39, 0.29) is 52.9 Å². The lowest BCUT2D eigenvalue weighted by atomic mass is 10.0. The van der Waals surface area contributed by atoms with E-state index in [1.165, 1.54) is 35.4 Å². The normalized spacial score (nSPS) is 16.6. The molecule has 2 saturated heterocycles. The van der Waals surface area contributed by atoms with Crippen molar-refractivity contribution in [3.8, 4) is 12.1 Å². The second-order valence-corrected chi connectivity index (χ2v) is 22.8. The number of hydrogen-bond acceptors (Lipinski definition) is 15. The van der Waals surface area contributed by atoms with Crippen molar-refractivity contribution < 1.29 is 31.5 Å². The molecule has 3 aliphatic heterocycles. The van der Waals surface area contributed by atoms with Gasteiger partial charge < -0.3 is 35.8 Å². The molecule has 2 aromatic heterocycles. The molecule has 6 aromatic rings. The molecule has 2 amide bonds. The van der Waals surface area contributed by atoms with Crippen molar-refractivity contribution in [2.75, 3.05) is 72.9 Å². The first-order valence-corrected chi connectivity index (χ1v) is 29.0. The number of primary amides is 1. The van der Waals surface area contributed by atoms with Gasteiger partial charge in [-0.25, -0.2) is 26.9 Å². The zero-order valence-electron chi connectivity index (χ0n) is 43.4. The van der Waals surface area contributed by atoms with Crippen LogP contribution in [0.25, 0.3) is 10.8 Å². The molecular weight excluding hydrogens is 1120 g/mol. The van der Waals surface area contributed by atoms with Gasteiger partial charge in [0.25, 0.3) is 11.8 Å². The van der Waals surface area contributed by atoms with E-state index in [0.29, 0.717) is 73.2 Å². The van der Waals surface area contributed by atoms with Gasteiger partial charge in [0.2, 0.25) is 16.0 Å². The van der Waals surface area contributed by atoms with Gasteiger partial charge in [0.1, 0.15) is 24.1 Å². The number of amides is 2. The molecule has 414 valence electrons. The van der Waals surface area contributed by atoms with Crippen LogP contribution >= 0.6 is 27.5 Å². The Bertz CT molecular complexity index is 3370. The number of aromatic nitrogens is 4. The molecule has 0 bridgehead atoms. The maximum Gasteiger partial charge on any atom is 0.318 e. The first-order chi connectivity index (χ1) is 38.2. The number of unbranched alkanes of at least 4 members (excludes halogenated alkanes) is 5. The van der Waals surface area contributed by atoms with Crippen LogP contribution in [0.5, 0.6) is 6.01 Å². The lowest BCUT2D eigenvalue weighted by molar-refractivity contribution is -0.131. The molecule has 0 aliphatic carbocycles. The number of nitrogens with two attached hydrogens (primary N) is 1. The van der Waals surface area contributed by atoms with Gasteiger partial charge >= 0.3 is 6.01 Å². The van der Waals surface area contributed by atoms with Crippen LogP contribution in [-0.4, -0.2) is 114 Å². The number of carbonyl (C=O) groups is 2. The summed E-state index contributed by atoms with van der Waals surface area (Å²) in [5.74, 6) is -2.45. The van der Waals surface area contributed by atoms with Crippen LogP contribution in [0.2, 0.25) is 5.02 Å². The number of anilines is 6.